The van der Waals surface area contributed by atoms with E-state index >= 15 is 0 Å². The van der Waals surface area contributed by atoms with E-state index in [1.165, 1.54) is 0 Å². The molecule has 8 heteroatoms. The topological polar surface area (TPSA) is 85.7 Å². The van der Waals surface area contributed by atoms with Crippen molar-refractivity contribution in [2.75, 3.05) is 39.5 Å². The zero-order chi connectivity index (χ0) is 19.3. The molecule has 2 amide bonds. The SMILES string of the molecule is O=C(C[C@@H]1OC[C@H]2CN(C(=O)Cn3cccn3)CC[C@@H]21)NCC1CCOCC1. The summed E-state index contributed by atoms with van der Waals surface area (Å²) in [6, 6.07) is 1.82. The van der Waals surface area contributed by atoms with Gasteiger partial charge in [0, 0.05) is 51.2 Å². The number of hydrogen-bond donors (Lipinski definition) is 1. The molecule has 0 radical (unpaired) electrons. The van der Waals surface area contributed by atoms with Crippen LogP contribution in [0.15, 0.2) is 18.5 Å². The fourth-order valence-corrected chi connectivity index (χ4v) is 4.62. The number of carbonyl (C=O) groups is 2. The maximum atomic E-state index is 12.5. The van der Waals surface area contributed by atoms with Gasteiger partial charge in [0.25, 0.3) is 0 Å². The maximum Gasteiger partial charge on any atom is 0.244 e. The van der Waals surface area contributed by atoms with E-state index < -0.39 is 0 Å². The highest BCUT2D eigenvalue weighted by atomic mass is 16.5. The van der Waals surface area contributed by atoms with Crippen molar-refractivity contribution in [1.29, 1.82) is 0 Å². The molecule has 0 aromatic carbocycles. The van der Waals surface area contributed by atoms with Gasteiger partial charge in [-0.05, 0) is 37.2 Å². The summed E-state index contributed by atoms with van der Waals surface area (Å²) in [4.78, 5) is 26.8. The quantitative estimate of drug-likeness (QED) is 0.772. The molecule has 0 spiro atoms. The Kier molecular flexibility index (Phi) is 6.26. The third kappa shape index (κ3) is 4.72. The number of nitrogens with one attached hydrogen (secondary N) is 1. The van der Waals surface area contributed by atoms with Gasteiger partial charge in [-0.2, -0.15) is 5.10 Å². The number of amides is 2. The summed E-state index contributed by atoms with van der Waals surface area (Å²) in [7, 11) is 0. The van der Waals surface area contributed by atoms with Crippen LogP contribution in [0.25, 0.3) is 0 Å². The standard InChI is InChI=1S/C20H30N4O4/c25-19(21-11-15-3-8-27-9-4-15)10-18-17-2-7-23(12-16(17)14-28-18)20(26)13-24-6-1-5-22-24/h1,5-6,15-18H,2-4,7-14H2,(H,21,25)/t16-,17+,18+/m1/s1. The van der Waals surface area contributed by atoms with Crippen molar-refractivity contribution in [2.24, 2.45) is 17.8 Å². The number of rotatable bonds is 6. The number of ether oxygens (including phenoxy) is 2. The van der Waals surface area contributed by atoms with Gasteiger partial charge >= 0.3 is 0 Å². The molecule has 1 aromatic heterocycles. The number of piperidine rings is 1. The minimum Gasteiger partial charge on any atom is -0.381 e. The lowest BCUT2D eigenvalue weighted by Gasteiger charge is -2.35. The van der Waals surface area contributed by atoms with Crippen molar-refractivity contribution in [1.82, 2.24) is 20.0 Å². The van der Waals surface area contributed by atoms with Crippen molar-refractivity contribution >= 4 is 11.8 Å². The second-order valence-electron chi connectivity index (χ2n) is 8.19. The molecule has 0 bridgehead atoms. The summed E-state index contributed by atoms with van der Waals surface area (Å²) in [5, 5.41) is 7.18. The van der Waals surface area contributed by atoms with Crippen molar-refractivity contribution in [3.8, 4) is 0 Å². The van der Waals surface area contributed by atoms with Gasteiger partial charge in [0.05, 0.1) is 19.1 Å². The van der Waals surface area contributed by atoms with E-state index in [-0.39, 0.29) is 24.5 Å². The molecule has 1 aromatic rings. The molecule has 3 atom stereocenters. The second kappa shape index (κ2) is 9.05. The first-order chi connectivity index (χ1) is 13.7. The molecular formula is C20H30N4O4. The van der Waals surface area contributed by atoms with Gasteiger partial charge in [-0.25, -0.2) is 0 Å². The third-order valence-corrected chi connectivity index (χ3v) is 6.32. The van der Waals surface area contributed by atoms with E-state index in [0.717, 1.165) is 45.6 Å². The van der Waals surface area contributed by atoms with Crippen LogP contribution in [0, 0.1) is 17.8 Å². The minimum absolute atomic E-state index is 0.0249. The fraction of sp³-hybridized carbons (Fsp3) is 0.750. The van der Waals surface area contributed by atoms with Gasteiger partial charge in [0.1, 0.15) is 6.54 Å². The van der Waals surface area contributed by atoms with Gasteiger partial charge in [-0.15, -0.1) is 0 Å². The molecule has 3 aliphatic heterocycles. The Labute approximate surface area is 165 Å². The normalized spacial score (nSPS) is 28.1. The summed E-state index contributed by atoms with van der Waals surface area (Å²) in [5.74, 6) is 1.39. The molecule has 0 unspecified atom stereocenters. The lowest BCUT2D eigenvalue weighted by molar-refractivity contribution is -0.134. The van der Waals surface area contributed by atoms with Gasteiger partial charge in [-0.1, -0.05) is 0 Å². The van der Waals surface area contributed by atoms with Crippen LogP contribution in [0.2, 0.25) is 0 Å². The van der Waals surface area contributed by atoms with Gasteiger partial charge in [0.2, 0.25) is 11.8 Å². The lowest BCUT2D eigenvalue weighted by Crippen LogP contribution is -2.46. The second-order valence-corrected chi connectivity index (χ2v) is 8.19. The summed E-state index contributed by atoms with van der Waals surface area (Å²) >= 11 is 0. The predicted octanol–water partition coefficient (Wildman–Crippen LogP) is 0.680. The Morgan fingerprint density at radius 2 is 2.07 bits per heavy atom. The molecule has 0 aliphatic carbocycles. The number of carbonyl (C=O) groups excluding carboxylic acids is 2. The Morgan fingerprint density at radius 1 is 1.21 bits per heavy atom. The number of nitrogens with zero attached hydrogens (tertiary/aromatic N) is 3. The molecule has 1 N–H and O–H groups in total. The zero-order valence-electron chi connectivity index (χ0n) is 16.3. The molecule has 8 nitrogen and oxygen atoms in total. The fourth-order valence-electron chi connectivity index (χ4n) is 4.62. The van der Waals surface area contributed by atoms with Crippen LogP contribution in [0.5, 0.6) is 0 Å². The van der Waals surface area contributed by atoms with Crippen LogP contribution >= 0.6 is 0 Å². The minimum atomic E-state index is -0.0249. The Morgan fingerprint density at radius 3 is 2.86 bits per heavy atom. The highest BCUT2D eigenvalue weighted by Crippen LogP contribution is 2.36. The number of aromatic nitrogens is 2. The molecule has 0 saturated carbocycles. The monoisotopic (exact) mass is 390 g/mol. The lowest BCUT2D eigenvalue weighted by atomic mass is 9.83. The average molecular weight is 390 g/mol. The van der Waals surface area contributed by atoms with E-state index in [4.69, 9.17) is 9.47 Å². The van der Waals surface area contributed by atoms with Crippen LogP contribution in [0.1, 0.15) is 25.7 Å². The molecule has 3 aliphatic rings. The molecule has 4 heterocycles. The van der Waals surface area contributed by atoms with E-state index in [1.807, 2.05) is 11.0 Å². The molecule has 4 rings (SSSR count). The number of fused-ring (bicyclic) bond motifs is 1. The van der Waals surface area contributed by atoms with Crippen LogP contribution in [-0.4, -0.2) is 72.1 Å². The molecule has 3 fully saturated rings. The van der Waals surface area contributed by atoms with E-state index in [1.54, 1.807) is 17.1 Å². The van der Waals surface area contributed by atoms with Gasteiger partial charge in [-0.3, -0.25) is 14.3 Å². The number of hydrogen-bond acceptors (Lipinski definition) is 5. The van der Waals surface area contributed by atoms with Crippen LogP contribution < -0.4 is 5.32 Å². The van der Waals surface area contributed by atoms with Crippen molar-refractivity contribution in [3.05, 3.63) is 18.5 Å². The summed E-state index contributed by atoms with van der Waals surface area (Å²) in [5.41, 5.74) is 0. The molecule has 154 valence electrons. The van der Waals surface area contributed by atoms with E-state index in [2.05, 4.69) is 10.4 Å². The first-order valence-electron chi connectivity index (χ1n) is 10.4. The van der Waals surface area contributed by atoms with E-state index in [9.17, 15) is 9.59 Å². The van der Waals surface area contributed by atoms with Crippen molar-refractivity contribution < 1.29 is 19.1 Å². The Hall–Kier alpha value is -1.93. The van der Waals surface area contributed by atoms with Crippen LogP contribution in [0.3, 0.4) is 0 Å². The Balaban J connectivity index is 1.21. The summed E-state index contributed by atoms with van der Waals surface area (Å²) in [6.45, 7) is 4.68. The van der Waals surface area contributed by atoms with Crippen LogP contribution in [0.4, 0.5) is 0 Å². The van der Waals surface area contributed by atoms with Crippen molar-refractivity contribution in [3.63, 3.8) is 0 Å². The molecule has 3 saturated heterocycles. The maximum absolute atomic E-state index is 12.5. The largest absolute Gasteiger partial charge is 0.381 e. The molecular weight excluding hydrogens is 360 g/mol. The first-order valence-corrected chi connectivity index (χ1v) is 10.4. The smallest absolute Gasteiger partial charge is 0.244 e. The summed E-state index contributed by atoms with van der Waals surface area (Å²) < 4.78 is 13.0. The first kappa shape index (κ1) is 19.4. The predicted molar refractivity (Wildman–Crippen MR) is 101 cm³/mol. The third-order valence-electron chi connectivity index (χ3n) is 6.32. The number of likely N-dealkylation sites (tertiary alicyclic amines) is 1. The highest BCUT2D eigenvalue weighted by molar-refractivity contribution is 5.77. The van der Waals surface area contributed by atoms with Crippen molar-refractivity contribution in [2.45, 2.75) is 38.3 Å². The molecule has 28 heavy (non-hydrogen) atoms. The highest BCUT2D eigenvalue weighted by Gasteiger charge is 2.42. The zero-order valence-corrected chi connectivity index (χ0v) is 16.3. The van der Waals surface area contributed by atoms with E-state index in [0.29, 0.717) is 37.3 Å². The Bertz CT molecular complexity index is 659. The van der Waals surface area contributed by atoms with Crippen LogP contribution in [-0.2, 0) is 25.6 Å². The van der Waals surface area contributed by atoms with Gasteiger partial charge < -0.3 is 19.7 Å². The average Bonchev–Trinajstić information content (AvgIpc) is 3.37. The van der Waals surface area contributed by atoms with Gasteiger partial charge in [0.15, 0.2) is 0 Å². The summed E-state index contributed by atoms with van der Waals surface area (Å²) in [6.07, 6.45) is 6.82.